The van der Waals surface area contributed by atoms with Gasteiger partial charge in [-0.25, -0.2) is 4.57 Å². The number of allylic oxidation sites excluding steroid dienone is 4. The van der Waals surface area contributed by atoms with Gasteiger partial charge in [0.15, 0.2) is 12.9 Å². The predicted molar refractivity (Wildman–Crippen MR) is 242 cm³/mol. The summed E-state index contributed by atoms with van der Waals surface area (Å²) in [6, 6.07) is 0. The zero-order chi connectivity index (χ0) is 43.3. The predicted octanol–water partition coefficient (Wildman–Crippen LogP) is 12.9. The van der Waals surface area contributed by atoms with E-state index in [0.29, 0.717) is 19.6 Å². The van der Waals surface area contributed by atoms with E-state index in [0.717, 1.165) is 70.6 Å². The van der Waals surface area contributed by atoms with Gasteiger partial charge in [-0.15, -0.1) is 0 Å². The van der Waals surface area contributed by atoms with Crippen molar-refractivity contribution >= 4 is 19.8 Å². The number of nitrogens with zero attached hydrogens (tertiary/aromatic N) is 1. The lowest BCUT2D eigenvalue weighted by Crippen LogP contribution is -2.30. The third-order valence-corrected chi connectivity index (χ3v) is 11.3. The van der Waals surface area contributed by atoms with Gasteiger partial charge in [0.25, 0.3) is 0 Å². The normalized spacial score (nSPS) is 13.5. The Morgan fingerprint density at radius 2 is 1.00 bits per heavy atom. The molecule has 0 heterocycles. The summed E-state index contributed by atoms with van der Waals surface area (Å²) >= 11 is 0. The second-order valence-electron chi connectivity index (χ2n) is 16.0. The molecule has 0 N–H and O–H groups in total. The van der Waals surface area contributed by atoms with E-state index in [2.05, 4.69) is 38.2 Å². The summed E-state index contributed by atoms with van der Waals surface area (Å²) in [7, 11) is 1.17. The Kier molecular flexibility index (Phi) is 43.3. The van der Waals surface area contributed by atoms with Crippen LogP contribution in [0.1, 0.15) is 194 Å². The Bertz CT molecular complexity index is 1040. The molecule has 12 heteroatoms. The second-order valence-corrected chi connectivity index (χ2v) is 17.7. The number of likely N-dealkylation sites (N-methyl/N-ethyl adjacent to an activating group) is 1. The smallest absolute Gasteiger partial charge is 0.462 e. The van der Waals surface area contributed by atoms with E-state index in [4.69, 9.17) is 32.5 Å². The van der Waals surface area contributed by atoms with E-state index in [9.17, 15) is 14.2 Å². The first-order valence-electron chi connectivity index (χ1n) is 23.7. The maximum absolute atomic E-state index is 13.5. The molecule has 0 saturated heterocycles. The molecule has 0 rings (SSSR count). The van der Waals surface area contributed by atoms with Crippen LogP contribution in [0.3, 0.4) is 0 Å². The van der Waals surface area contributed by atoms with Gasteiger partial charge >= 0.3 is 19.8 Å². The minimum atomic E-state index is -4.10. The second kappa shape index (κ2) is 44.5. The Balaban J connectivity index is 4.75. The molecule has 0 aliphatic heterocycles. The van der Waals surface area contributed by atoms with Crippen molar-refractivity contribution in [3.05, 3.63) is 24.3 Å². The van der Waals surface area contributed by atoms with Crippen LogP contribution in [0.25, 0.3) is 0 Å². The Hall–Kier alpha value is -1.59. The molecule has 2 unspecified atom stereocenters. The van der Waals surface area contributed by atoms with E-state index in [1.165, 1.54) is 89.9 Å². The van der Waals surface area contributed by atoms with Gasteiger partial charge in [0, 0.05) is 26.5 Å². The van der Waals surface area contributed by atoms with Crippen LogP contribution in [0.4, 0.5) is 0 Å². The van der Waals surface area contributed by atoms with Gasteiger partial charge in [0.05, 0.1) is 26.4 Å². The highest BCUT2D eigenvalue weighted by Crippen LogP contribution is 2.49. The SMILES string of the molecule is CCCCCCCC/C=C\CCCCCCCC(=O)OCC(COP(=O)(OCCN(C)C)OCOCCOC)OC(=O)CCCCCCC/C=C\CCCCCCCC. The topological polar surface area (TPSA) is 119 Å². The molecule has 0 radical (unpaired) electrons. The van der Waals surface area contributed by atoms with E-state index in [1.807, 2.05) is 19.0 Å². The monoisotopic (exact) mass is 860 g/mol. The Morgan fingerprint density at radius 3 is 1.47 bits per heavy atom. The Morgan fingerprint density at radius 1 is 0.542 bits per heavy atom. The summed E-state index contributed by atoms with van der Waals surface area (Å²) in [6.07, 6.45) is 39.3. The lowest BCUT2D eigenvalue weighted by atomic mass is 10.1. The number of ether oxygens (including phenoxy) is 4. The molecule has 0 saturated carbocycles. The number of hydrogen-bond donors (Lipinski definition) is 0. The van der Waals surface area contributed by atoms with Crippen molar-refractivity contribution in [2.45, 2.75) is 200 Å². The molecule has 0 aromatic carbocycles. The third-order valence-electron chi connectivity index (χ3n) is 9.95. The van der Waals surface area contributed by atoms with Gasteiger partial charge in [-0.2, -0.15) is 0 Å². The van der Waals surface area contributed by atoms with Crippen LogP contribution in [0.5, 0.6) is 0 Å². The molecular weight excluding hydrogens is 769 g/mol. The zero-order valence-corrected chi connectivity index (χ0v) is 39.5. The van der Waals surface area contributed by atoms with E-state index >= 15 is 0 Å². The highest BCUT2D eigenvalue weighted by molar-refractivity contribution is 7.48. The molecule has 2 atom stereocenters. The molecule has 0 spiro atoms. The minimum Gasteiger partial charge on any atom is -0.462 e. The van der Waals surface area contributed by atoms with Crippen LogP contribution in [-0.2, 0) is 46.7 Å². The van der Waals surface area contributed by atoms with Gasteiger partial charge in [-0.3, -0.25) is 23.2 Å². The molecule has 0 aliphatic carbocycles. The Labute approximate surface area is 362 Å². The van der Waals surface area contributed by atoms with Crippen molar-refractivity contribution in [1.29, 1.82) is 0 Å². The van der Waals surface area contributed by atoms with E-state index in [-0.39, 0.29) is 52.0 Å². The molecule has 0 aromatic heterocycles. The zero-order valence-electron chi connectivity index (χ0n) is 38.6. The number of carbonyl (C=O) groups is 2. The lowest BCUT2D eigenvalue weighted by molar-refractivity contribution is -0.161. The average molecular weight is 860 g/mol. The van der Waals surface area contributed by atoms with Gasteiger partial charge in [-0.1, -0.05) is 141 Å². The van der Waals surface area contributed by atoms with Crippen molar-refractivity contribution in [2.75, 3.05) is 67.6 Å². The number of methoxy groups -OCH3 is 1. The maximum Gasteiger partial charge on any atom is 0.477 e. The van der Waals surface area contributed by atoms with Crippen LogP contribution in [0, 0.1) is 0 Å². The number of phosphoric ester groups is 1. The van der Waals surface area contributed by atoms with E-state index < -0.39 is 19.9 Å². The van der Waals surface area contributed by atoms with Crippen LogP contribution in [0.15, 0.2) is 24.3 Å². The maximum atomic E-state index is 13.5. The number of carbonyl (C=O) groups excluding carboxylic acids is 2. The molecule has 348 valence electrons. The number of unbranched alkanes of at least 4 members (excludes halogenated alkanes) is 22. The van der Waals surface area contributed by atoms with Crippen molar-refractivity contribution in [3.63, 3.8) is 0 Å². The first-order chi connectivity index (χ1) is 28.8. The number of phosphoric acid groups is 1. The van der Waals surface area contributed by atoms with Gasteiger partial charge in [0.1, 0.15) is 6.61 Å². The number of rotatable bonds is 46. The quantitative estimate of drug-likeness (QED) is 0.0191. The summed E-state index contributed by atoms with van der Waals surface area (Å²) in [5, 5.41) is 0. The van der Waals surface area contributed by atoms with E-state index in [1.54, 1.807) is 7.11 Å². The highest BCUT2D eigenvalue weighted by Gasteiger charge is 2.30. The van der Waals surface area contributed by atoms with Crippen LogP contribution in [0.2, 0.25) is 0 Å². The molecule has 11 nitrogen and oxygen atoms in total. The van der Waals surface area contributed by atoms with Crippen molar-refractivity contribution < 1.29 is 46.7 Å². The molecule has 0 aromatic rings. The molecule has 0 amide bonds. The first-order valence-corrected chi connectivity index (χ1v) is 25.1. The van der Waals surface area contributed by atoms with Gasteiger partial charge < -0.3 is 23.8 Å². The fourth-order valence-electron chi connectivity index (χ4n) is 6.22. The average Bonchev–Trinajstić information content (AvgIpc) is 3.21. The van der Waals surface area contributed by atoms with Crippen molar-refractivity contribution in [3.8, 4) is 0 Å². The summed E-state index contributed by atoms with van der Waals surface area (Å²) in [6.45, 7) is 4.73. The van der Waals surface area contributed by atoms with Gasteiger partial charge in [0.2, 0.25) is 0 Å². The standard InChI is InChI=1S/C47H90NO10P/c1-6-8-10-12-14-16-18-20-22-24-26-28-30-32-34-36-46(49)54-42-45(43-56-59(51,55-39-38-48(3)4)57-44-53-41-40-52-5)58-47(50)37-35-33-31-29-27-25-23-21-19-17-15-13-11-9-7-2/h20-23,45H,6-19,24-44H2,1-5H3/b22-20-,23-21-. The molecular formula is C47H90NO10P. The highest BCUT2D eigenvalue weighted by atomic mass is 31.2. The molecule has 59 heavy (non-hydrogen) atoms. The van der Waals surface area contributed by atoms with Crippen LogP contribution in [-0.4, -0.2) is 90.5 Å². The summed E-state index contributed by atoms with van der Waals surface area (Å²) < 4.78 is 51.6. The fourth-order valence-corrected chi connectivity index (χ4v) is 7.30. The van der Waals surface area contributed by atoms with Crippen LogP contribution >= 0.6 is 7.82 Å². The van der Waals surface area contributed by atoms with Crippen molar-refractivity contribution in [1.82, 2.24) is 4.90 Å². The molecule has 0 fully saturated rings. The summed E-state index contributed by atoms with van der Waals surface area (Å²) in [4.78, 5) is 27.5. The fraction of sp³-hybridized carbons (Fsp3) is 0.872. The molecule has 0 bridgehead atoms. The molecule has 0 aliphatic rings. The minimum absolute atomic E-state index is 0.0766. The largest absolute Gasteiger partial charge is 0.477 e. The van der Waals surface area contributed by atoms with Crippen molar-refractivity contribution in [2.24, 2.45) is 0 Å². The third kappa shape index (κ3) is 42.9. The lowest BCUT2D eigenvalue weighted by Gasteiger charge is -2.22. The summed E-state index contributed by atoms with van der Waals surface area (Å²) in [5.41, 5.74) is 0. The van der Waals surface area contributed by atoms with Gasteiger partial charge in [-0.05, 0) is 78.3 Å². The number of esters is 2. The number of hydrogen-bond acceptors (Lipinski definition) is 11. The first kappa shape index (κ1) is 57.4. The van der Waals surface area contributed by atoms with Crippen LogP contribution < -0.4 is 0 Å². The summed E-state index contributed by atoms with van der Waals surface area (Å²) in [5.74, 6) is -0.786.